The van der Waals surface area contributed by atoms with Gasteiger partial charge in [0.1, 0.15) is 17.3 Å². The van der Waals surface area contributed by atoms with Gasteiger partial charge in [0.25, 0.3) is 0 Å². The number of rotatable bonds is 5. The van der Waals surface area contributed by atoms with Gasteiger partial charge in [-0.3, -0.25) is 14.9 Å². The van der Waals surface area contributed by atoms with E-state index in [1.54, 1.807) is 18.2 Å². The normalized spacial score (nSPS) is 10.7. The molecule has 0 N–H and O–H groups in total. The van der Waals surface area contributed by atoms with Gasteiger partial charge in [0, 0.05) is 5.82 Å². The third-order valence-corrected chi connectivity index (χ3v) is 5.61. The number of nitrogens with zero attached hydrogens (tertiary/aromatic N) is 3. The maximum Gasteiger partial charge on any atom is 2.00 e. The van der Waals surface area contributed by atoms with Crippen LogP contribution in [0.15, 0.2) is 72.8 Å². The Bertz CT molecular complexity index is 1560. The van der Waals surface area contributed by atoms with Crippen LogP contribution in [0.1, 0.15) is 5.56 Å². The van der Waals surface area contributed by atoms with Crippen LogP contribution in [0, 0.1) is 54.0 Å². The predicted octanol–water partition coefficient (Wildman–Crippen LogP) is 8.02. The average Bonchev–Trinajstić information content (AvgIpc) is 2.93. The van der Waals surface area contributed by atoms with Gasteiger partial charge in [0.2, 0.25) is 5.82 Å². The zero-order valence-electron chi connectivity index (χ0n) is 19.9. The van der Waals surface area contributed by atoms with Gasteiger partial charge in [-0.15, -0.1) is 65.2 Å². The van der Waals surface area contributed by atoms with Gasteiger partial charge in [-0.05, 0) is 23.5 Å². The standard InChI is InChI=1S/C29H15F6N3.Pt/c1-16-6-2-7-17(14-16)20-10-4-12-22(36-20)38(29-27(34)25(32)24(31)26(33)28(29)35)23-13-5-11-21(37-23)18-8-3-9-19(30)15-18;/h2-6,9-15H,1H3;/q-2;+2. The molecule has 2 aromatic heterocycles. The molecule has 0 amide bonds. The first-order valence-corrected chi connectivity index (χ1v) is 11.2. The first kappa shape index (κ1) is 28.0. The van der Waals surface area contributed by atoms with Crippen LogP contribution in [0.25, 0.3) is 22.5 Å². The second kappa shape index (κ2) is 11.4. The van der Waals surface area contributed by atoms with Gasteiger partial charge in [-0.25, -0.2) is 26.3 Å². The van der Waals surface area contributed by atoms with Crippen LogP contribution in [0.4, 0.5) is 43.7 Å². The molecule has 0 bridgehead atoms. The van der Waals surface area contributed by atoms with Crippen molar-refractivity contribution in [2.24, 2.45) is 0 Å². The molecule has 0 aliphatic rings. The predicted molar refractivity (Wildman–Crippen MR) is 130 cm³/mol. The van der Waals surface area contributed by atoms with Gasteiger partial charge in [0.15, 0.2) is 23.3 Å². The monoisotopic (exact) mass is 714 g/mol. The number of anilines is 3. The molecule has 0 radical (unpaired) electrons. The minimum atomic E-state index is -2.30. The Balaban J connectivity index is 0.00000353. The molecule has 39 heavy (non-hydrogen) atoms. The molecule has 0 atom stereocenters. The molecule has 3 nitrogen and oxygen atoms in total. The minimum absolute atomic E-state index is 0. The van der Waals surface area contributed by atoms with Crippen LogP contribution in [-0.4, -0.2) is 9.97 Å². The van der Waals surface area contributed by atoms with Gasteiger partial charge in [-0.2, -0.15) is 0 Å². The van der Waals surface area contributed by atoms with E-state index >= 15 is 8.78 Å². The number of aromatic nitrogens is 2. The first-order chi connectivity index (χ1) is 18.2. The Morgan fingerprint density at radius 2 is 1.10 bits per heavy atom. The third-order valence-electron chi connectivity index (χ3n) is 5.61. The number of hydrogen-bond acceptors (Lipinski definition) is 3. The van der Waals surface area contributed by atoms with E-state index in [2.05, 4.69) is 22.1 Å². The molecule has 0 unspecified atom stereocenters. The number of hydrogen-bond donors (Lipinski definition) is 0. The van der Waals surface area contributed by atoms with Crippen LogP contribution in [0.5, 0.6) is 0 Å². The minimum Gasteiger partial charge on any atom is -0.280 e. The summed E-state index contributed by atoms with van der Waals surface area (Å²) in [5.41, 5.74) is 0.838. The van der Waals surface area contributed by atoms with Gasteiger partial charge >= 0.3 is 21.1 Å². The molecule has 10 heteroatoms. The van der Waals surface area contributed by atoms with Crippen molar-refractivity contribution in [3.8, 4) is 22.5 Å². The topological polar surface area (TPSA) is 29.0 Å². The largest absolute Gasteiger partial charge is 2.00 e. The number of halogens is 6. The fourth-order valence-corrected chi connectivity index (χ4v) is 3.85. The smallest absolute Gasteiger partial charge is 0.280 e. The maximum absolute atomic E-state index is 15.1. The van der Waals surface area contributed by atoms with Crippen molar-refractivity contribution in [2.45, 2.75) is 6.92 Å². The Labute approximate surface area is 234 Å². The first-order valence-electron chi connectivity index (χ1n) is 11.2. The molecule has 5 rings (SSSR count). The Kier molecular flexibility index (Phi) is 8.21. The fraction of sp³-hybridized carbons (Fsp3) is 0.0345. The molecule has 0 saturated heterocycles. The molecular formula is C29H15F6N3Pt. The summed E-state index contributed by atoms with van der Waals surface area (Å²) >= 11 is 0. The molecular weight excluding hydrogens is 699 g/mol. The van der Waals surface area contributed by atoms with E-state index in [1.807, 2.05) is 13.0 Å². The number of benzene rings is 3. The number of pyridine rings is 2. The van der Waals surface area contributed by atoms with Crippen LogP contribution in [0.3, 0.4) is 0 Å². The Morgan fingerprint density at radius 3 is 1.62 bits per heavy atom. The van der Waals surface area contributed by atoms with Crippen LogP contribution in [0.2, 0.25) is 0 Å². The van der Waals surface area contributed by atoms with Gasteiger partial charge in [0.05, 0.1) is 0 Å². The summed E-state index contributed by atoms with van der Waals surface area (Å²) in [5.74, 6) is -11.7. The van der Waals surface area contributed by atoms with Crippen molar-refractivity contribution >= 4 is 17.3 Å². The molecule has 0 fully saturated rings. The van der Waals surface area contributed by atoms with Crippen LogP contribution < -0.4 is 4.90 Å². The molecule has 3 aromatic carbocycles. The van der Waals surface area contributed by atoms with E-state index in [-0.39, 0.29) is 44.0 Å². The third kappa shape index (κ3) is 5.45. The van der Waals surface area contributed by atoms with E-state index < -0.39 is 40.6 Å². The zero-order valence-corrected chi connectivity index (χ0v) is 22.1. The van der Waals surface area contributed by atoms with E-state index in [9.17, 15) is 17.6 Å². The average molecular weight is 715 g/mol. The summed E-state index contributed by atoms with van der Waals surface area (Å²) in [6.45, 7) is 1.85. The summed E-state index contributed by atoms with van der Waals surface area (Å²) in [6, 6.07) is 23.4. The summed E-state index contributed by atoms with van der Waals surface area (Å²) in [7, 11) is 0. The SMILES string of the molecule is Cc1cc[c-]c(-c2cccc(N(c3cccc(-c4[c-]ccc(F)c4)n3)c3c(F)c(F)c(F)c(F)c3F)n2)c1.[Pt+2]. The summed E-state index contributed by atoms with van der Waals surface area (Å²) < 4.78 is 86.5. The van der Waals surface area contributed by atoms with Gasteiger partial charge < -0.3 is 0 Å². The fourth-order valence-electron chi connectivity index (χ4n) is 3.85. The summed E-state index contributed by atoms with van der Waals surface area (Å²) in [5, 5.41) is 0. The van der Waals surface area contributed by atoms with Crippen LogP contribution in [-0.2, 0) is 21.1 Å². The molecule has 2 heterocycles. The molecule has 5 aromatic rings. The van der Waals surface area contributed by atoms with E-state index in [0.717, 1.165) is 16.5 Å². The second-order valence-corrected chi connectivity index (χ2v) is 8.22. The van der Waals surface area contributed by atoms with Crippen molar-refractivity contribution in [2.75, 3.05) is 4.90 Å². The summed E-state index contributed by atoms with van der Waals surface area (Å²) in [6.07, 6.45) is 0. The van der Waals surface area contributed by atoms with Gasteiger partial charge in [-0.1, -0.05) is 31.2 Å². The van der Waals surface area contributed by atoms with Crippen LogP contribution >= 0.6 is 0 Å². The molecule has 0 saturated carbocycles. The molecule has 0 aliphatic carbocycles. The van der Waals surface area contributed by atoms with E-state index in [1.165, 1.54) is 42.5 Å². The number of aryl methyl sites for hydroxylation is 1. The molecule has 198 valence electrons. The quantitative estimate of drug-likeness (QED) is 0.0800. The maximum atomic E-state index is 15.1. The van der Waals surface area contributed by atoms with Crippen molar-refractivity contribution in [1.29, 1.82) is 0 Å². The van der Waals surface area contributed by atoms with E-state index in [0.29, 0.717) is 11.3 Å². The Morgan fingerprint density at radius 1 is 0.615 bits per heavy atom. The van der Waals surface area contributed by atoms with Crippen molar-refractivity contribution < 1.29 is 47.4 Å². The Hall–Kier alpha value is -3.97. The zero-order chi connectivity index (χ0) is 27.0. The summed E-state index contributed by atoms with van der Waals surface area (Å²) in [4.78, 5) is 9.48. The van der Waals surface area contributed by atoms with Crippen molar-refractivity contribution in [3.63, 3.8) is 0 Å². The van der Waals surface area contributed by atoms with Crippen molar-refractivity contribution in [1.82, 2.24) is 9.97 Å². The second-order valence-electron chi connectivity index (χ2n) is 8.22. The van der Waals surface area contributed by atoms with E-state index in [4.69, 9.17) is 0 Å². The van der Waals surface area contributed by atoms with Crippen molar-refractivity contribution in [3.05, 3.63) is 125 Å². The molecule has 0 spiro atoms. The molecule has 0 aliphatic heterocycles.